The minimum absolute atomic E-state index is 0.0884. The molecular weight excluding hydrogens is 314 g/mol. The third-order valence-electron chi connectivity index (χ3n) is 4.48. The van der Waals surface area contributed by atoms with Crippen LogP contribution in [0, 0.1) is 6.92 Å². The number of hydrogen-bond donors (Lipinski definition) is 0. The Balaban J connectivity index is 1.87. The van der Waals surface area contributed by atoms with Crippen LogP contribution in [0.25, 0.3) is 0 Å². The highest BCUT2D eigenvalue weighted by Crippen LogP contribution is 2.18. The summed E-state index contributed by atoms with van der Waals surface area (Å²) in [5, 5.41) is 0. The number of nitrogens with zero attached hydrogens (tertiary/aromatic N) is 5. The maximum absolute atomic E-state index is 13.0. The molecule has 1 aliphatic heterocycles. The first kappa shape index (κ1) is 17.4. The van der Waals surface area contributed by atoms with Crippen molar-refractivity contribution in [2.75, 3.05) is 49.6 Å². The van der Waals surface area contributed by atoms with E-state index in [0.717, 1.165) is 37.6 Å². The number of aryl methyl sites for hydroxylation is 1. The van der Waals surface area contributed by atoms with Gasteiger partial charge in [-0.2, -0.15) is 0 Å². The molecule has 132 valence electrons. The van der Waals surface area contributed by atoms with Gasteiger partial charge in [0, 0.05) is 44.1 Å². The van der Waals surface area contributed by atoms with Gasteiger partial charge in [0.25, 0.3) is 5.91 Å². The van der Waals surface area contributed by atoms with Gasteiger partial charge in [-0.3, -0.25) is 4.79 Å². The standard InChI is InChI=1S/C19H25N5O/c1-4-24(16-8-6-5-7-9-16)18(25)17-14-15(2)20-19(21-17)23-12-10-22(3)11-13-23/h5-9,14H,4,10-13H2,1-3H3. The fourth-order valence-corrected chi connectivity index (χ4v) is 3.00. The van der Waals surface area contributed by atoms with Crippen LogP contribution in [-0.2, 0) is 0 Å². The minimum Gasteiger partial charge on any atom is -0.338 e. The third-order valence-corrected chi connectivity index (χ3v) is 4.48. The summed E-state index contributed by atoms with van der Waals surface area (Å²) in [6.45, 7) is 8.19. The second-order valence-corrected chi connectivity index (χ2v) is 6.37. The maximum Gasteiger partial charge on any atom is 0.277 e. The van der Waals surface area contributed by atoms with Gasteiger partial charge < -0.3 is 14.7 Å². The molecule has 1 saturated heterocycles. The van der Waals surface area contributed by atoms with Gasteiger partial charge in [-0.25, -0.2) is 9.97 Å². The number of carbonyl (C=O) groups is 1. The molecule has 25 heavy (non-hydrogen) atoms. The average molecular weight is 339 g/mol. The first-order valence-corrected chi connectivity index (χ1v) is 8.74. The maximum atomic E-state index is 13.0. The second kappa shape index (κ2) is 7.61. The van der Waals surface area contributed by atoms with Crippen molar-refractivity contribution in [3.8, 4) is 0 Å². The van der Waals surface area contributed by atoms with Crippen LogP contribution in [0.1, 0.15) is 23.1 Å². The smallest absolute Gasteiger partial charge is 0.277 e. The van der Waals surface area contributed by atoms with Crippen LogP contribution in [0.15, 0.2) is 36.4 Å². The second-order valence-electron chi connectivity index (χ2n) is 6.37. The van der Waals surface area contributed by atoms with Gasteiger partial charge in [-0.15, -0.1) is 0 Å². The van der Waals surface area contributed by atoms with Crippen LogP contribution in [-0.4, -0.2) is 60.5 Å². The molecule has 0 unspecified atom stereocenters. The van der Waals surface area contributed by atoms with Crippen molar-refractivity contribution in [1.29, 1.82) is 0 Å². The van der Waals surface area contributed by atoms with Crippen molar-refractivity contribution in [2.24, 2.45) is 0 Å². The molecule has 6 heteroatoms. The lowest BCUT2D eigenvalue weighted by Crippen LogP contribution is -2.45. The fraction of sp³-hybridized carbons (Fsp3) is 0.421. The highest BCUT2D eigenvalue weighted by Gasteiger charge is 2.22. The van der Waals surface area contributed by atoms with E-state index in [-0.39, 0.29) is 5.91 Å². The summed E-state index contributed by atoms with van der Waals surface area (Å²) in [4.78, 5) is 28.3. The topological polar surface area (TPSA) is 52.6 Å². The number of rotatable bonds is 4. The first-order valence-electron chi connectivity index (χ1n) is 8.74. The Morgan fingerprint density at radius 1 is 1.12 bits per heavy atom. The Morgan fingerprint density at radius 3 is 2.44 bits per heavy atom. The van der Waals surface area contributed by atoms with E-state index in [4.69, 9.17) is 0 Å². The summed E-state index contributed by atoms with van der Waals surface area (Å²) in [7, 11) is 2.11. The summed E-state index contributed by atoms with van der Waals surface area (Å²) in [6.07, 6.45) is 0. The summed E-state index contributed by atoms with van der Waals surface area (Å²) in [5.41, 5.74) is 2.15. The zero-order valence-electron chi connectivity index (χ0n) is 15.1. The Morgan fingerprint density at radius 2 is 1.80 bits per heavy atom. The van der Waals surface area contributed by atoms with Crippen molar-refractivity contribution in [3.05, 3.63) is 47.8 Å². The molecule has 1 fully saturated rings. The van der Waals surface area contributed by atoms with Gasteiger partial charge in [0.1, 0.15) is 5.69 Å². The normalized spacial score (nSPS) is 15.2. The molecular formula is C19H25N5O. The summed E-state index contributed by atoms with van der Waals surface area (Å²) < 4.78 is 0. The first-order chi connectivity index (χ1) is 12.1. The molecule has 0 atom stereocenters. The van der Waals surface area contributed by atoms with Gasteiger partial charge in [0.05, 0.1) is 0 Å². The van der Waals surface area contributed by atoms with E-state index in [2.05, 4.69) is 26.8 Å². The fourth-order valence-electron chi connectivity index (χ4n) is 3.00. The number of aromatic nitrogens is 2. The van der Waals surface area contributed by atoms with E-state index >= 15 is 0 Å². The predicted octanol–water partition coefficient (Wildman–Crippen LogP) is 2.20. The van der Waals surface area contributed by atoms with Gasteiger partial charge in [-0.1, -0.05) is 18.2 Å². The Bertz CT molecular complexity index is 726. The Kier molecular flexibility index (Phi) is 5.28. The molecule has 6 nitrogen and oxygen atoms in total. The lowest BCUT2D eigenvalue weighted by Gasteiger charge is -2.32. The minimum atomic E-state index is -0.0884. The van der Waals surface area contributed by atoms with E-state index in [9.17, 15) is 4.79 Å². The molecule has 1 aliphatic rings. The molecule has 0 N–H and O–H groups in total. The zero-order valence-corrected chi connectivity index (χ0v) is 15.1. The lowest BCUT2D eigenvalue weighted by atomic mass is 10.2. The molecule has 0 spiro atoms. The van der Waals surface area contributed by atoms with Crippen LogP contribution >= 0.6 is 0 Å². The molecule has 0 aliphatic carbocycles. The zero-order chi connectivity index (χ0) is 17.8. The van der Waals surface area contributed by atoms with Crippen LogP contribution in [0.4, 0.5) is 11.6 Å². The van der Waals surface area contributed by atoms with E-state index < -0.39 is 0 Å². The highest BCUT2D eigenvalue weighted by molar-refractivity contribution is 6.04. The molecule has 1 amide bonds. The van der Waals surface area contributed by atoms with Gasteiger partial charge in [0.2, 0.25) is 5.95 Å². The molecule has 2 aromatic rings. The quantitative estimate of drug-likeness (QED) is 0.855. The molecule has 3 rings (SSSR count). The van der Waals surface area contributed by atoms with Crippen molar-refractivity contribution < 1.29 is 4.79 Å². The van der Waals surface area contributed by atoms with Crippen LogP contribution in [0.3, 0.4) is 0 Å². The third kappa shape index (κ3) is 3.96. The number of piperazine rings is 1. The molecule has 0 radical (unpaired) electrons. The molecule has 0 bridgehead atoms. The van der Waals surface area contributed by atoms with Crippen molar-refractivity contribution in [3.63, 3.8) is 0 Å². The Hall–Kier alpha value is -2.47. The summed E-state index contributed by atoms with van der Waals surface area (Å²) in [6, 6.07) is 11.5. The summed E-state index contributed by atoms with van der Waals surface area (Å²) in [5.74, 6) is 0.565. The monoisotopic (exact) mass is 339 g/mol. The molecule has 0 saturated carbocycles. The van der Waals surface area contributed by atoms with Crippen LogP contribution < -0.4 is 9.80 Å². The SMILES string of the molecule is CCN(C(=O)c1cc(C)nc(N2CCN(C)CC2)n1)c1ccccc1. The van der Waals surface area contributed by atoms with Crippen molar-refractivity contribution >= 4 is 17.5 Å². The van der Waals surface area contributed by atoms with Crippen LogP contribution in [0.2, 0.25) is 0 Å². The van der Waals surface area contributed by atoms with E-state index in [1.165, 1.54) is 0 Å². The summed E-state index contributed by atoms with van der Waals surface area (Å²) >= 11 is 0. The van der Waals surface area contributed by atoms with E-state index in [1.54, 1.807) is 11.0 Å². The predicted molar refractivity (Wildman–Crippen MR) is 100 cm³/mol. The molecule has 2 heterocycles. The van der Waals surface area contributed by atoms with Gasteiger partial charge in [0.15, 0.2) is 0 Å². The van der Waals surface area contributed by atoms with E-state index in [1.807, 2.05) is 44.2 Å². The van der Waals surface area contributed by atoms with Gasteiger partial charge in [-0.05, 0) is 39.1 Å². The number of likely N-dealkylation sites (N-methyl/N-ethyl adjacent to an activating group) is 1. The number of anilines is 2. The van der Waals surface area contributed by atoms with Crippen LogP contribution in [0.5, 0.6) is 0 Å². The highest BCUT2D eigenvalue weighted by atomic mass is 16.2. The number of amides is 1. The molecule has 1 aromatic carbocycles. The average Bonchev–Trinajstić information content (AvgIpc) is 2.63. The number of benzene rings is 1. The van der Waals surface area contributed by atoms with Crippen molar-refractivity contribution in [1.82, 2.24) is 14.9 Å². The number of hydrogen-bond acceptors (Lipinski definition) is 5. The number of carbonyl (C=O) groups excluding carboxylic acids is 1. The molecule has 1 aromatic heterocycles. The van der Waals surface area contributed by atoms with E-state index in [0.29, 0.717) is 18.2 Å². The van der Waals surface area contributed by atoms with Crippen molar-refractivity contribution in [2.45, 2.75) is 13.8 Å². The Labute approximate surface area is 149 Å². The lowest BCUT2D eigenvalue weighted by molar-refractivity contribution is 0.0983. The van der Waals surface area contributed by atoms with Gasteiger partial charge >= 0.3 is 0 Å². The largest absolute Gasteiger partial charge is 0.338 e. The number of para-hydroxylation sites is 1.